The van der Waals surface area contributed by atoms with Crippen molar-refractivity contribution in [2.45, 2.75) is 19.4 Å². The van der Waals surface area contributed by atoms with Crippen LogP contribution >= 0.6 is 0 Å². The molecule has 1 atom stereocenters. The molecule has 0 fully saturated rings. The molecule has 104 valence electrons. The van der Waals surface area contributed by atoms with Gasteiger partial charge in [-0.15, -0.1) is 0 Å². The molecule has 0 spiro atoms. The van der Waals surface area contributed by atoms with E-state index in [0.717, 1.165) is 11.3 Å². The Labute approximate surface area is 113 Å². The van der Waals surface area contributed by atoms with Crippen molar-refractivity contribution in [3.05, 3.63) is 29.8 Å². The largest absolute Gasteiger partial charge is 0.496 e. The van der Waals surface area contributed by atoms with Crippen LogP contribution in [0.4, 0.5) is 0 Å². The Bertz CT molecular complexity index is 459. The van der Waals surface area contributed by atoms with E-state index in [2.05, 4.69) is 4.74 Å². The number of esters is 1. The maximum atomic E-state index is 11.7. The molecule has 19 heavy (non-hydrogen) atoms. The summed E-state index contributed by atoms with van der Waals surface area (Å²) in [5, 5.41) is 0. The van der Waals surface area contributed by atoms with Gasteiger partial charge in [-0.25, -0.2) is 4.79 Å². The van der Waals surface area contributed by atoms with E-state index < -0.39 is 11.9 Å². The quantitative estimate of drug-likeness (QED) is 0.607. The average molecular weight is 265 g/mol. The first-order valence-corrected chi connectivity index (χ1v) is 5.98. The predicted octanol–water partition coefficient (Wildman–Crippen LogP) is 1.26. The second-order valence-electron chi connectivity index (χ2n) is 4.27. The third kappa shape index (κ3) is 3.71. The predicted molar refractivity (Wildman–Crippen MR) is 70.9 cm³/mol. The first-order chi connectivity index (χ1) is 9.01. The van der Waals surface area contributed by atoms with Gasteiger partial charge in [-0.05, 0) is 25.0 Å². The lowest BCUT2D eigenvalue weighted by Crippen LogP contribution is -2.41. The molecule has 0 radical (unpaired) electrons. The van der Waals surface area contributed by atoms with Crippen LogP contribution in [0.5, 0.6) is 5.75 Å². The number of hydrogen-bond acceptors (Lipinski definition) is 4. The third-order valence-corrected chi connectivity index (χ3v) is 3.05. The van der Waals surface area contributed by atoms with E-state index in [9.17, 15) is 9.59 Å². The molecule has 5 heteroatoms. The van der Waals surface area contributed by atoms with Gasteiger partial charge in [0.2, 0.25) is 0 Å². The van der Waals surface area contributed by atoms with Crippen LogP contribution in [0.3, 0.4) is 0 Å². The van der Waals surface area contributed by atoms with E-state index in [1.165, 1.54) is 12.0 Å². The number of rotatable bonds is 4. The fourth-order valence-electron chi connectivity index (χ4n) is 1.76. The summed E-state index contributed by atoms with van der Waals surface area (Å²) in [6, 6.07) is 7.46. The highest BCUT2D eigenvalue weighted by Gasteiger charge is 2.24. The number of nitrogens with zero attached hydrogens (tertiary/aromatic N) is 1. The fraction of sp³-hybridized carbons (Fsp3) is 0.429. The third-order valence-electron chi connectivity index (χ3n) is 3.05. The van der Waals surface area contributed by atoms with E-state index in [4.69, 9.17) is 4.74 Å². The van der Waals surface area contributed by atoms with Crippen LogP contribution in [0.2, 0.25) is 0 Å². The minimum Gasteiger partial charge on any atom is -0.496 e. The van der Waals surface area contributed by atoms with Crippen LogP contribution in [0.1, 0.15) is 12.5 Å². The highest BCUT2D eigenvalue weighted by atomic mass is 16.5. The van der Waals surface area contributed by atoms with Crippen LogP contribution in [0.25, 0.3) is 0 Å². The van der Waals surface area contributed by atoms with Gasteiger partial charge in [0.15, 0.2) is 0 Å². The molecule has 1 unspecified atom stereocenters. The van der Waals surface area contributed by atoms with Gasteiger partial charge in [0, 0.05) is 13.1 Å². The minimum atomic E-state index is -0.852. The van der Waals surface area contributed by atoms with E-state index >= 15 is 0 Å². The number of methoxy groups -OCH3 is 2. The minimum absolute atomic E-state index is 0.136. The van der Waals surface area contributed by atoms with Gasteiger partial charge in [-0.1, -0.05) is 18.2 Å². The Kier molecular flexibility index (Phi) is 5.36. The molecule has 0 N–H and O–H groups in total. The lowest BCUT2D eigenvalue weighted by atomic mass is 10.1. The Balaban J connectivity index is 2.76. The number of ether oxygens (including phenoxy) is 2. The summed E-state index contributed by atoms with van der Waals surface area (Å²) in [6.45, 7) is 1.87. The lowest BCUT2D eigenvalue weighted by molar-refractivity contribution is -0.158. The van der Waals surface area contributed by atoms with Crippen molar-refractivity contribution in [2.75, 3.05) is 21.3 Å². The first kappa shape index (κ1) is 15.0. The van der Waals surface area contributed by atoms with Crippen molar-refractivity contribution < 1.29 is 19.1 Å². The number of carbonyl (C=O) groups is 2. The molecule has 0 saturated heterocycles. The molecule has 1 rings (SSSR count). The highest BCUT2D eigenvalue weighted by molar-refractivity contribution is 6.32. The molecule has 0 aromatic heterocycles. The molecule has 0 heterocycles. The van der Waals surface area contributed by atoms with Crippen LogP contribution < -0.4 is 4.74 Å². The number of amides is 1. The first-order valence-electron chi connectivity index (χ1n) is 5.98. The second-order valence-corrected chi connectivity index (χ2v) is 4.27. The smallest absolute Gasteiger partial charge is 0.396 e. The topological polar surface area (TPSA) is 55.8 Å². The molecule has 0 bridgehead atoms. The van der Waals surface area contributed by atoms with Crippen molar-refractivity contribution in [3.63, 3.8) is 0 Å². The number of hydrogen-bond donors (Lipinski definition) is 0. The van der Waals surface area contributed by atoms with Crippen LogP contribution in [-0.4, -0.2) is 44.1 Å². The molecular weight excluding hydrogens is 246 g/mol. The van der Waals surface area contributed by atoms with Gasteiger partial charge >= 0.3 is 11.9 Å². The van der Waals surface area contributed by atoms with Crippen LogP contribution in [-0.2, 0) is 20.7 Å². The summed E-state index contributed by atoms with van der Waals surface area (Å²) in [4.78, 5) is 24.2. The number of para-hydroxylation sites is 1. The Hall–Kier alpha value is -2.04. The SMILES string of the molecule is COC(=O)C(=O)N(C)C(C)Cc1ccccc1OC. The molecule has 1 amide bonds. The number of carbonyl (C=O) groups excluding carboxylic acids is 2. The lowest BCUT2D eigenvalue weighted by Gasteiger charge is -2.24. The molecule has 1 aromatic carbocycles. The standard InChI is InChI=1S/C14H19NO4/c1-10(15(2)13(16)14(17)19-4)9-11-7-5-6-8-12(11)18-3/h5-8,10H,9H2,1-4H3. The Morgan fingerprint density at radius 2 is 1.89 bits per heavy atom. The molecule has 5 nitrogen and oxygen atoms in total. The van der Waals surface area contributed by atoms with Crippen molar-refractivity contribution in [3.8, 4) is 5.75 Å². The zero-order chi connectivity index (χ0) is 14.4. The Morgan fingerprint density at radius 1 is 1.26 bits per heavy atom. The summed E-state index contributed by atoms with van der Waals surface area (Å²) in [5.74, 6) is -0.729. The van der Waals surface area contributed by atoms with E-state index in [1.54, 1.807) is 14.2 Å². The van der Waals surface area contributed by atoms with Crippen LogP contribution in [0, 0.1) is 0 Å². The van der Waals surface area contributed by atoms with Gasteiger partial charge < -0.3 is 14.4 Å². The molecule has 0 aliphatic heterocycles. The summed E-state index contributed by atoms with van der Waals surface area (Å²) in [6.07, 6.45) is 0.600. The van der Waals surface area contributed by atoms with E-state index in [0.29, 0.717) is 6.42 Å². The molecule has 0 aliphatic carbocycles. The summed E-state index contributed by atoms with van der Waals surface area (Å²) in [5.41, 5.74) is 0.988. The number of benzene rings is 1. The zero-order valence-corrected chi connectivity index (χ0v) is 11.7. The summed E-state index contributed by atoms with van der Waals surface area (Å²) >= 11 is 0. The monoisotopic (exact) mass is 265 g/mol. The maximum absolute atomic E-state index is 11.7. The fourth-order valence-corrected chi connectivity index (χ4v) is 1.76. The van der Waals surface area contributed by atoms with Gasteiger partial charge in [-0.3, -0.25) is 4.79 Å². The van der Waals surface area contributed by atoms with Crippen LogP contribution in [0.15, 0.2) is 24.3 Å². The van der Waals surface area contributed by atoms with Gasteiger partial charge in [-0.2, -0.15) is 0 Å². The average Bonchev–Trinajstić information content (AvgIpc) is 2.45. The highest BCUT2D eigenvalue weighted by Crippen LogP contribution is 2.20. The van der Waals surface area contributed by atoms with Gasteiger partial charge in [0.05, 0.1) is 14.2 Å². The number of likely N-dealkylation sites (N-methyl/N-ethyl adjacent to an activating group) is 1. The van der Waals surface area contributed by atoms with Crippen molar-refractivity contribution in [1.82, 2.24) is 4.90 Å². The van der Waals surface area contributed by atoms with E-state index in [1.807, 2.05) is 31.2 Å². The van der Waals surface area contributed by atoms with Gasteiger partial charge in [0.1, 0.15) is 5.75 Å². The van der Waals surface area contributed by atoms with Crippen molar-refractivity contribution in [2.24, 2.45) is 0 Å². The summed E-state index contributed by atoms with van der Waals surface area (Å²) in [7, 11) is 4.38. The zero-order valence-electron chi connectivity index (χ0n) is 11.7. The second kappa shape index (κ2) is 6.78. The molecule has 0 saturated carbocycles. The van der Waals surface area contributed by atoms with E-state index in [-0.39, 0.29) is 6.04 Å². The molecular formula is C14H19NO4. The summed E-state index contributed by atoms with van der Waals surface area (Å²) < 4.78 is 9.68. The van der Waals surface area contributed by atoms with Crippen molar-refractivity contribution in [1.29, 1.82) is 0 Å². The van der Waals surface area contributed by atoms with Crippen molar-refractivity contribution >= 4 is 11.9 Å². The molecule has 1 aromatic rings. The maximum Gasteiger partial charge on any atom is 0.396 e. The molecule has 0 aliphatic rings. The van der Waals surface area contributed by atoms with Gasteiger partial charge in [0.25, 0.3) is 0 Å². The normalized spacial score (nSPS) is 11.6. The Morgan fingerprint density at radius 3 is 2.47 bits per heavy atom.